The Kier molecular flexibility index (Phi) is 5.09. The van der Waals surface area contributed by atoms with Crippen molar-refractivity contribution >= 4 is 27.1 Å². The molecular formula is C18H23N3O4S2. The standard InChI is InChI=1S/C18H23N3O4S2/c1-12-16(20-18(25-12)15-6-5-9-26-15)17(22)19-13-10-27(23,24)11-14(13)21-7-3-2-4-8-21/h5-6,9,13-14H,2-4,7-8,10-11H2,1H3,(H,19,22). The highest BCUT2D eigenvalue weighted by Gasteiger charge is 2.42. The fraction of sp³-hybridized carbons (Fsp3) is 0.556. The molecule has 0 aliphatic carbocycles. The maximum Gasteiger partial charge on any atom is 0.273 e. The molecule has 4 heterocycles. The molecule has 0 bridgehead atoms. The lowest BCUT2D eigenvalue weighted by molar-refractivity contribution is 0.0894. The summed E-state index contributed by atoms with van der Waals surface area (Å²) in [5, 5.41) is 4.84. The number of aromatic nitrogens is 1. The van der Waals surface area contributed by atoms with Gasteiger partial charge < -0.3 is 9.73 Å². The van der Waals surface area contributed by atoms with Gasteiger partial charge in [0.25, 0.3) is 5.91 Å². The third kappa shape index (κ3) is 3.95. The lowest BCUT2D eigenvalue weighted by atomic mass is 10.0. The van der Waals surface area contributed by atoms with Gasteiger partial charge in [0.1, 0.15) is 5.76 Å². The minimum atomic E-state index is -3.16. The first-order chi connectivity index (χ1) is 12.9. The lowest BCUT2D eigenvalue weighted by Gasteiger charge is -2.34. The summed E-state index contributed by atoms with van der Waals surface area (Å²) in [6, 6.07) is 3.20. The number of rotatable bonds is 4. The second-order valence-corrected chi connectivity index (χ2v) is 10.3. The summed E-state index contributed by atoms with van der Waals surface area (Å²) in [5.41, 5.74) is 0.222. The first-order valence-electron chi connectivity index (χ1n) is 9.19. The van der Waals surface area contributed by atoms with E-state index < -0.39 is 15.9 Å². The Morgan fingerprint density at radius 3 is 2.78 bits per heavy atom. The van der Waals surface area contributed by atoms with E-state index in [1.807, 2.05) is 17.5 Å². The fourth-order valence-electron chi connectivity index (χ4n) is 3.93. The second-order valence-electron chi connectivity index (χ2n) is 7.22. The Hall–Kier alpha value is -1.71. The quantitative estimate of drug-likeness (QED) is 0.831. The molecule has 0 saturated carbocycles. The van der Waals surface area contributed by atoms with Crippen LogP contribution in [0.5, 0.6) is 0 Å². The van der Waals surface area contributed by atoms with Crippen molar-refractivity contribution in [2.75, 3.05) is 24.6 Å². The van der Waals surface area contributed by atoms with Gasteiger partial charge in [0.05, 0.1) is 22.4 Å². The van der Waals surface area contributed by atoms with Crippen LogP contribution >= 0.6 is 11.3 Å². The van der Waals surface area contributed by atoms with Crippen LogP contribution in [-0.4, -0.2) is 60.9 Å². The molecule has 2 aliphatic heterocycles. The van der Waals surface area contributed by atoms with Crippen LogP contribution in [-0.2, 0) is 9.84 Å². The molecule has 2 aromatic rings. The number of amides is 1. The van der Waals surface area contributed by atoms with Crippen molar-refractivity contribution in [3.05, 3.63) is 29.0 Å². The maximum absolute atomic E-state index is 12.8. The van der Waals surface area contributed by atoms with E-state index in [4.69, 9.17) is 4.42 Å². The van der Waals surface area contributed by atoms with Crippen molar-refractivity contribution in [3.63, 3.8) is 0 Å². The first-order valence-corrected chi connectivity index (χ1v) is 11.9. The minimum Gasteiger partial charge on any atom is -0.440 e. The van der Waals surface area contributed by atoms with Crippen molar-refractivity contribution in [2.45, 2.75) is 38.3 Å². The summed E-state index contributed by atoms with van der Waals surface area (Å²) in [5.74, 6) is 0.568. The Morgan fingerprint density at radius 2 is 2.07 bits per heavy atom. The Balaban J connectivity index is 1.52. The van der Waals surface area contributed by atoms with Crippen molar-refractivity contribution in [1.29, 1.82) is 0 Å². The predicted octanol–water partition coefficient (Wildman–Crippen LogP) is 2.09. The zero-order chi connectivity index (χ0) is 19.0. The molecule has 1 N–H and O–H groups in total. The van der Waals surface area contributed by atoms with E-state index >= 15 is 0 Å². The fourth-order valence-corrected chi connectivity index (χ4v) is 6.53. The van der Waals surface area contributed by atoms with Gasteiger partial charge in [-0.2, -0.15) is 0 Å². The molecule has 2 saturated heterocycles. The number of nitrogens with zero attached hydrogens (tertiary/aromatic N) is 2. The smallest absolute Gasteiger partial charge is 0.273 e. The number of hydrogen-bond acceptors (Lipinski definition) is 7. The van der Waals surface area contributed by atoms with E-state index in [1.54, 1.807) is 6.92 Å². The summed E-state index contributed by atoms with van der Waals surface area (Å²) in [6.45, 7) is 3.47. The zero-order valence-corrected chi connectivity index (χ0v) is 16.8. The zero-order valence-electron chi connectivity index (χ0n) is 15.2. The maximum atomic E-state index is 12.8. The number of oxazole rings is 1. The van der Waals surface area contributed by atoms with Gasteiger partial charge in [-0.25, -0.2) is 13.4 Å². The van der Waals surface area contributed by atoms with Crippen LogP contribution in [0.15, 0.2) is 21.9 Å². The van der Waals surface area contributed by atoms with E-state index in [0.29, 0.717) is 11.7 Å². The molecule has 146 valence electrons. The molecule has 7 nitrogen and oxygen atoms in total. The van der Waals surface area contributed by atoms with E-state index in [-0.39, 0.29) is 29.1 Å². The lowest BCUT2D eigenvalue weighted by Crippen LogP contribution is -2.52. The van der Waals surface area contributed by atoms with Crippen molar-refractivity contribution in [3.8, 4) is 10.8 Å². The summed E-state index contributed by atoms with van der Waals surface area (Å²) in [7, 11) is -3.16. The largest absolute Gasteiger partial charge is 0.440 e. The monoisotopic (exact) mass is 409 g/mol. The average molecular weight is 410 g/mol. The number of hydrogen-bond donors (Lipinski definition) is 1. The molecule has 1 amide bonds. The highest BCUT2D eigenvalue weighted by molar-refractivity contribution is 7.91. The molecule has 9 heteroatoms. The van der Waals surface area contributed by atoms with Crippen molar-refractivity contribution in [1.82, 2.24) is 15.2 Å². The molecule has 2 aromatic heterocycles. The molecule has 0 spiro atoms. The van der Waals surface area contributed by atoms with Gasteiger partial charge in [-0.05, 0) is 44.3 Å². The van der Waals surface area contributed by atoms with E-state index in [0.717, 1.165) is 30.8 Å². The van der Waals surface area contributed by atoms with Crippen LogP contribution in [0.1, 0.15) is 35.5 Å². The third-order valence-electron chi connectivity index (χ3n) is 5.24. The Labute approximate surface area is 162 Å². The Morgan fingerprint density at radius 1 is 1.30 bits per heavy atom. The normalized spacial score (nSPS) is 25.5. The van der Waals surface area contributed by atoms with E-state index in [9.17, 15) is 13.2 Å². The van der Waals surface area contributed by atoms with Gasteiger partial charge in [0, 0.05) is 6.04 Å². The second kappa shape index (κ2) is 7.37. The average Bonchev–Trinajstić information content (AvgIpc) is 3.34. The number of carbonyl (C=O) groups is 1. The summed E-state index contributed by atoms with van der Waals surface area (Å²) in [6.07, 6.45) is 3.32. The van der Waals surface area contributed by atoms with E-state index in [2.05, 4.69) is 15.2 Å². The number of piperidine rings is 1. The van der Waals surface area contributed by atoms with Crippen molar-refractivity contribution in [2.24, 2.45) is 0 Å². The molecule has 4 rings (SSSR count). The molecule has 2 atom stereocenters. The van der Waals surface area contributed by atoms with Crippen LogP contribution in [0.2, 0.25) is 0 Å². The van der Waals surface area contributed by atoms with Gasteiger partial charge >= 0.3 is 0 Å². The SMILES string of the molecule is Cc1oc(-c2cccs2)nc1C(=O)NC1CS(=O)(=O)CC1N1CCCCC1. The number of thiophene rings is 1. The predicted molar refractivity (Wildman–Crippen MR) is 104 cm³/mol. The number of likely N-dealkylation sites (tertiary alicyclic amines) is 1. The molecule has 2 aliphatic rings. The molecule has 2 fully saturated rings. The summed E-state index contributed by atoms with van der Waals surface area (Å²) in [4.78, 5) is 20.2. The van der Waals surface area contributed by atoms with E-state index in [1.165, 1.54) is 17.8 Å². The van der Waals surface area contributed by atoms with Crippen LogP contribution in [0.25, 0.3) is 10.8 Å². The molecule has 0 aromatic carbocycles. The third-order valence-corrected chi connectivity index (χ3v) is 7.82. The number of aryl methyl sites for hydroxylation is 1. The molecular weight excluding hydrogens is 386 g/mol. The van der Waals surface area contributed by atoms with Crippen LogP contribution in [0, 0.1) is 6.92 Å². The van der Waals surface area contributed by atoms with Gasteiger partial charge in [-0.1, -0.05) is 12.5 Å². The highest BCUT2D eigenvalue weighted by Crippen LogP contribution is 2.27. The topological polar surface area (TPSA) is 92.5 Å². The first kappa shape index (κ1) is 18.6. The number of carbonyl (C=O) groups excluding carboxylic acids is 1. The Bertz CT molecular complexity index is 915. The minimum absolute atomic E-state index is 0.0193. The van der Waals surface area contributed by atoms with Gasteiger partial charge in [0.2, 0.25) is 5.89 Å². The van der Waals surface area contributed by atoms with Crippen LogP contribution < -0.4 is 5.32 Å². The molecule has 2 unspecified atom stereocenters. The van der Waals surface area contributed by atoms with Gasteiger partial charge in [-0.15, -0.1) is 11.3 Å². The molecule has 0 radical (unpaired) electrons. The summed E-state index contributed by atoms with van der Waals surface area (Å²) < 4.78 is 30.1. The van der Waals surface area contributed by atoms with Crippen LogP contribution in [0.3, 0.4) is 0 Å². The molecule has 27 heavy (non-hydrogen) atoms. The number of sulfone groups is 1. The summed E-state index contributed by atoms with van der Waals surface area (Å²) >= 11 is 1.49. The number of nitrogens with one attached hydrogen (secondary N) is 1. The van der Waals surface area contributed by atoms with Gasteiger partial charge in [0.15, 0.2) is 15.5 Å². The highest BCUT2D eigenvalue weighted by atomic mass is 32.2. The van der Waals surface area contributed by atoms with Gasteiger partial charge in [-0.3, -0.25) is 9.69 Å². The van der Waals surface area contributed by atoms with Crippen molar-refractivity contribution < 1.29 is 17.6 Å². The van der Waals surface area contributed by atoms with Crippen LogP contribution in [0.4, 0.5) is 0 Å².